The lowest BCUT2D eigenvalue weighted by atomic mass is 9.78. The van der Waals surface area contributed by atoms with Gasteiger partial charge in [-0.25, -0.2) is 4.79 Å². The lowest BCUT2D eigenvalue weighted by Gasteiger charge is -2.34. The molecule has 3 aromatic rings. The molecule has 0 fully saturated rings. The summed E-state index contributed by atoms with van der Waals surface area (Å²) in [6, 6.07) is 21.2. The van der Waals surface area contributed by atoms with Gasteiger partial charge in [-0.1, -0.05) is 79.6 Å². The van der Waals surface area contributed by atoms with Gasteiger partial charge in [0.05, 0.1) is 6.61 Å². The van der Waals surface area contributed by atoms with Gasteiger partial charge in [0.2, 0.25) is 0 Å². The van der Waals surface area contributed by atoms with Gasteiger partial charge >= 0.3 is 5.97 Å². The number of aromatic hydroxyl groups is 1. The number of unbranched alkanes of at least 4 members (excludes halogenated alkanes) is 4. The molecule has 0 aliphatic heterocycles. The number of carbonyl (C=O) groups is 1. The van der Waals surface area contributed by atoms with Gasteiger partial charge < -0.3 is 30.1 Å². The minimum atomic E-state index is -0.624. The van der Waals surface area contributed by atoms with Crippen LogP contribution in [-0.2, 0) is 15.9 Å². The fourth-order valence-corrected chi connectivity index (χ4v) is 5.49. The Kier molecular flexibility index (Phi) is 12.6. The van der Waals surface area contributed by atoms with E-state index in [2.05, 4.69) is 29.6 Å². The van der Waals surface area contributed by atoms with Crippen molar-refractivity contribution in [3.8, 4) is 5.75 Å². The number of aryl methyl sites for hydroxylation is 1. The first kappa shape index (κ1) is 32.3. The second-order valence-electron chi connectivity index (χ2n) is 11.4. The lowest BCUT2D eigenvalue weighted by molar-refractivity contribution is 0.0347. The number of allylic oxidation sites excluding steroid dienone is 1. The molecular weight excluding hydrogens is 542 g/mol. The van der Waals surface area contributed by atoms with Crippen LogP contribution in [0.2, 0.25) is 0 Å². The smallest absolute Gasteiger partial charge is 0.341 e. The third-order valence-corrected chi connectivity index (χ3v) is 8.04. The minimum Gasteiger partial charge on any atom is -0.508 e. The number of fused-ring (bicyclic) bond motifs is 1. The van der Waals surface area contributed by atoms with Gasteiger partial charge in [0.25, 0.3) is 0 Å². The SMILES string of the molecule is O=C(OCC1(CNCCCCCCOCCCCc2ccccc2)C=CC(O)=C(CO)C1)c1ccc2ccccc2c1O. The number of benzene rings is 3. The summed E-state index contributed by atoms with van der Waals surface area (Å²) in [7, 11) is 0. The zero-order valence-electron chi connectivity index (χ0n) is 25.0. The van der Waals surface area contributed by atoms with E-state index in [0.29, 0.717) is 23.9 Å². The molecule has 43 heavy (non-hydrogen) atoms. The molecule has 1 aliphatic rings. The number of hydrogen-bond donors (Lipinski definition) is 4. The van der Waals surface area contributed by atoms with Gasteiger partial charge in [0.15, 0.2) is 0 Å². The normalized spacial score (nSPS) is 16.6. The number of aliphatic hydroxyl groups is 2. The van der Waals surface area contributed by atoms with Crippen molar-refractivity contribution in [2.45, 2.75) is 51.4 Å². The zero-order chi connectivity index (χ0) is 30.3. The Balaban J connectivity index is 1.15. The van der Waals surface area contributed by atoms with Crippen molar-refractivity contribution in [2.24, 2.45) is 5.41 Å². The first-order valence-corrected chi connectivity index (χ1v) is 15.4. The summed E-state index contributed by atoms with van der Waals surface area (Å²) in [5.41, 5.74) is 1.38. The van der Waals surface area contributed by atoms with Crippen molar-refractivity contribution in [2.75, 3.05) is 39.5 Å². The predicted octanol–water partition coefficient (Wildman–Crippen LogP) is 6.64. The third kappa shape index (κ3) is 9.68. The highest BCUT2D eigenvalue weighted by molar-refractivity contribution is 6.01. The Hall–Kier alpha value is -3.65. The zero-order valence-corrected chi connectivity index (χ0v) is 25.0. The predicted molar refractivity (Wildman–Crippen MR) is 170 cm³/mol. The quantitative estimate of drug-likeness (QED) is 0.0976. The molecule has 1 atom stereocenters. The van der Waals surface area contributed by atoms with E-state index >= 15 is 0 Å². The van der Waals surface area contributed by atoms with Gasteiger partial charge in [-0.2, -0.15) is 0 Å². The first-order valence-electron chi connectivity index (χ1n) is 15.4. The highest BCUT2D eigenvalue weighted by Gasteiger charge is 2.34. The molecule has 0 spiro atoms. The Morgan fingerprint density at radius 2 is 1.60 bits per heavy atom. The van der Waals surface area contributed by atoms with Gasteiger partial charge in [-0.3, -0.25) is 0 Å². The fraction of sp³-hybridized carbons (Fsp3) is 0.417. The summed E-state index contributed by atoms with van der Waals surface area (Å²) in [6.07, 6.45) is 11.4. The van der Waals surface area contributed by atoms with Crippen LogP contribution < -0.4 is 5.32 Å². The van der Waals surface area contributed by atoms with Crippen molar-refractivity contribution in [3.05, 3.63) is 101 Å². The molecule has 0 saturated heterocycles. The molecule has 0 aromatic heterocycles. The van der Waals surface area contributed by atoms with Crippen molar-refractivity contribution in [1.82, 2.24) is 5.32 Å². The fourth-order valence-electron chi connectivity index (χ4n) is 5.49. The maximum Gasteiger partial charge on any atom is 0.341 e. The topological polar surface area (TPSA) is 108 Å². The first-order chi connectivity index (χ1) is 21.0. The largest absolute Gasteiger partial charge is 0.508 e. The van der Waals surface area contributed by atoms with Gasteiger partial charge in [-0.05, 0) is 73.7 Å². The Labute approximate surface area is 254 Å². The summed E-state index contributed by atoms with van der Waals surface area (Å²) < 4.78 is 11.5. The van der Waals surface area contributed by atoms with E-state index in [1.807, 2.05) is 30.3 Å². The van der Waals surface area contributed by atoms with Crippen molar-refractivity contribution >= 4 is 16.7 Å². The second kappa shape index (κ2) is 16.8. The molecule has 230 valence electrons. The van der Waals surface area contributed by atoms with E-state index < -0.39 is 11.4 Å². The number of aliphatic hydroxyl groups excluding tert-OH is 2. The van der Waals surface area contributed by atoms with Crippen LogP contribution in [-0.4, -0.2) is 60.8 Å². The average molecular weight is 588 g/mol. The molecule has 4 rings (SSSR count). The molecule has 1 aliphatic carbocycles. The molecule has 4 N–H and O–H groups in total. The van der Waals surface area contributed by atoms with Crippen molar-refractivity contribution < 1.29 is 29.6 Å². The summed E-state index contributed by atoms with van der Waals surface area (Å²) in [5, 5.41) is 35.6. The molecule has 0 radical (unpaired) electrons. The van der Waals surface area contributed by atoms with Gasteiger partial charge in [0.1, 0.15) is 23.7 Å². The molecule has 1 unspecified atom stereocenters. The number of phenolic OH excluding ortho intramolecular Hbond substituents is 1. The average Bonchev–Trinajstić information content (AvgIpc) is 3.04. The van der Waals surface area contributed by atoms with E-state index in [4.69, 9.17) is 9.47 Å². The maximum atomic E-state index is 13.0. The molecule has 7 nitrogen and oxygen atoms in total. The van der Waals surface area contributed by atoms with E-state index in [1.165, 1.54) is 5.56 Å². The monoisotopic (exact) mass is 587 g/mol. The summed E-state index contributed by atoms with van der Waals surface area (Å²) in [4.78, 5) is 13.0. The van der Waals surface area contributed by atoms with Crippen LogP contribution in [0, 0.1) is 5.41 Å². The van der Waals surface area contributed by atoms with Crippen molar-refractivity contribution in [1.29, 1.82) is 0 Å². The van der Waals surface area contributed by atoms with Crippen LogP contribution in [0.3, 0.4) is 0 Å². The number of ether oxygens (including phenoxy) is 2. The van der Waals surface area contributed by atoms with Crippen LogP contribution in [0.25, 0.3) is 10.8 Å². The molecule has 0 heterocycles. The van der Waals surface area contributed by atoms with E-state index in [9.17, 15) is 20.1 Å². The lowest BCUT2D eigenvalue weighted by Crippen LogP contribution is -2.39. The van der Waals surface area contributed by atoms with Crippen LogP contribution in [0.5, 0.6) is 5.75 Å². The molecule has 0 amide bonds. The number of hydrogen-bond acceptors (Lipinski definition) is 7. The summed E-state index contributed by atoms with van der Waals surface area (Å²) in [6.45, 7) is 2.70. The molecular formula is C36H45NO6. The molecule has 0 saturated carbocycles. The van der Waals surface area contributed by atoms with E-state index in [1.54, 1.807) is 24.3 Å². The maximum absolute atomic E-state index is 13.0. The van der Waals surface area contributed by atoms with Crippen LogP contribution in [0.15, 0.2) is 90.2 Å². The summed E-state index contributed by atoms with van der Waals surface area (Å²) >= 11 is 0. The van der Waals surface area contributed by atoms with E-state index in [-0.39, 0.29) is 30.3 Å². The van der Waals surface area contributed by atoms with Crippen LogP contribution in [0.4, 0.5) is 0 Å². The second-order valence-corrected chi connectivity index (χ2v) is 11.4. The Morgan fingerprint density at radius 1 is 0.860 bits per heavy atom. The molecule has 7 heteroatoms. The number of phenols is 1. The highest BCUT2D eigenvalue weighted by atomic mass is 16.5. The number of nitrogens with one attached hydrogen (secondary N) is 1. The van der Waals surface area contributed by atoms with Gasteiger partial charge in [-0.15, -0.1) is 0 Å². The minimum absolute atomic E-state index is 0.0427. The Bertz CT molecular complexity index is 1370. The third-order valence-electron chi connectivity index (χ3n) is 8.04. The molecule has 3 aromatic carbocycles. The van der Waals surface area contributed by atoms with Gasteiger partial charge in [0, 0.05) is 30.6 Å². The molecule has 0 bridgehead atoms. The van der Waals surface area contributed by atoms with Crippen LogP contribution in [0.1, 0.15) is 60.9 Å². The standard InChI is InChI=1S/C36H45NO6/c38-25-30-24-36(20-19-33(30)39,27-43-35(41)32-18-17-29-15-6-7-16-31(29)34(32)40)26-37-21-9-1-2-10-22-42-23-11-8-14-28-12-4-3-5-13-28/h3-7,12-13,15-20,37-40H,1-2,8-11,14,21-27H2. The Morgan fingerprint density at radius 3 is 2.42 bits per heavy atom. The number of rotatable bonds is 18. The number of carbonyl (C=O) groups excluding carboxylic acids is 1. The van der Waals surface area contributed by atoms with Crippen LogP contribution >= 0.6 is 0 Å². The summed E-state index contributed by atoms with van der Waals surface area (Å²) in [5.74, 6) is -0.662. The highest BCUT2D eigenvalue weighted by Crippen LogP contribution is 2.35. The van der Waals surface area contributed by atoms with E-state index in [0.717, 1.165) is 70.1 Å². The number of esters is 1. The van der Waals surface area contributed by atoms with Crippen molar-refractivity contribution in [3.63, 3.8) is 0 Å².